The largest absolute Gasteiger partial charge is 0.305 e. The van der Waals surface area contributed by atoms with Gasteiger partial charge in [0.2, 0.25) is 0 Å². The van der Waals surface area contributed by atoms with Crippen molar-refractivity contribution in [1.82, 2.24) is 14.8 Å². The number of thiazole rings is 1. The fourth-order valence-corrected chi connectivity index (χ4v) is 2.74. The number of carbonyl (C=O) groups excluding carboxylic acids is 1. The number of nitrogens with one attached hydrogen (secondary N) is 1. The van der Waals surface area contributed by atoms with E-state index in [0.29, 0.717) is 5.69 Å². The van der Waals surface area contributed by atoms with E-state index in [1.165, 1.54) is 11.3 Å². The van der Waals surface area contributed by atoms with E-state index in [1.807, 2.05) is 16.1 Å². The van der Waals surface area contributed by atoms with Crippen molar-refractivity contribution >= 4 is 23.1 Å². The summed E-state index contributed by atoms with van der Waals surface area (Å²) < 4.78 is 1.83. The van der Waals surface area contributed by atoms with Crippen molar-refractivity contribution in [2.24, 2.45) is 0 Å². The Bertz CT molecular complexity index is 575. The van der Waals surface area contributed by atoms with Gasteiger partial charge in [-0.3, -0.25) is 4.79 Å². The predicted octanol–water partition coefficient (Wildman–Crippen LogP) is 3.52. The molecule has 2 aromatic rings. The van der Waals surface area contributed by atoms with Crippen LogP contribution in [-0.4, -0.2) is 20.7 Å². The van der Waals surface area contributed by atoms with Crippen LogP contribution in [0.2, 0.25) is 0 Å². The Morgan fingerprint density at radius 3 is 3.00 bits per heavy atom. The molecule has 1 N–H and O–H groups in total. The summed E-state index contributed by atoms with van der Waals surface area (Å²) >= 11 is 1.54. The van der Waals surface area contributed by atoms with Crippen LogP contribution in [0.5, 0.6) is 0 Å². The molecule has 0 radical (unpaired) electrons. The van der Waals surface area contributed by atoms with E-state index in [9.17, 15) is 4.79 Å². The van der Waals surface area contributed by atoms with Gasteiger partial charge in [-0.15, -0.1) is 11.3 Å². The molecule has 0 aromatic carbocycles. The number of aromatic nitrogens is 3. The average Bonchev–Trinajstić information content (AvgIpc) is 3.07. The molecule has 1 atom stereocenters. The van der Waals surface area contributed by atoms with E-state index in [0.717, 1.165) is 30.1 Å². The van der Waals surface area contributed by atoms with Gasteiger partial charge in [-0.1, -0.05) is 13.8 Å². The van der Waals surface area contributed by atoms with Crippen molar-refractivity contribution in [2.45, 2.75) is 46.1 Å². The number of hydrogen-bond donors (Lipinski definition) is 1. The molecular weight excluding hydrogens is 272 g/mol. The maximum absolute atomic E-state index is 12.2. The lowest BCUT2D eigenvalue weighted by molar-refractivity contribution is 0.102. The Balaban J connectivity index is 2.09. The van der Waals surface area contributed by atoms with Gasteiger partial charge in [0.1, 0.15) is 11.5 Å². The van der Waals surface area contributed by atoms with Crippen LogP contribution < -0.4 is 5.32 Å². The van der Waals surface area contributed by atoms with Crippen molar-refractivity contribution in [3.05, 3.63) is 28.3 Å². The van der Waals surface area contributed by atoms with E-state index < -0.39 is 0 Å². The van der Waals surface area contributed by atoms with Crippen LogP contribution in [0.3, 0.4) is 0 Å². The van der Waals surface area contributed by atoms with Gasteiger partial charge in [-0.2, -0.15) is 5.10 Å². The van der Waals surface area contributed by atoms with Crippen molar-refractivity contribution in [1.29, 1.82) is 0 Å². The molecule has 0 unspecified atom stereocenters. The van der Waals surface area contributed by atoms with Gasteiger partial charge >= 0.3 is 0 Å². The molecule has 20 heavy (non-hydrogen) atoms. The lowest BCUT2D eigenvalue weighted by atomic mass is 10.3. The molecule has 0 spiro atoms. The first-order chi connectivity index (χ1) is 9.65. The predicted molar refractivity (Wildman–Crippen MR) is 81.3 cm³/mol. The maximum Gasteiger partial charge on any atom is 0.276 e. The van der Waals surface area contributed by atoms with Gasteiger partial charge in [0.25, 0.3) is 5.91 Å². The minimum absolute atomic E-state index is 0.173. The molecule has 0 fully saturated rings. The van der Waals surface area contributed by atoms with Gasteiger partial charge in [0, 0.05) is 11.4 Å². The Morgan fingerprint density at radius 1 is 1.50 bits per heavy atom. The summed E-state index contributed by atoms with van der Waals surface area (Å²) in [6.45, 7) is 6.27. The number of aryl methyl sites for hydroxylation is 1. The average molecular weight is 292 g/mol. The Kier molecular flexibility index (Phi) is 4.89. The second-order valence-corrected chi connectivity index (χ2v) is 5.69. The Hall–Kier alpha value is -1.69. The lowest BCUT2D eigenvalue weighted by Crippen LogP contribution is -2.17. The first-order valence-corrected chi connectivity index (χ1v) is 7.82. The molecule has 6 heteroatoms. The lowest BCUT2D eigenvalue weighted by Gasteiger charge is -2.13. The zero-order chi connectivity index (χ0) is 14.5. The third kappa shape index (κ3) is 3.25. The Labute approximate surface area is 123 Å². The van der Waals surface area contributed by atoms with Crippen molar-refractivity contribution in [3.63, 3.8) is 0 Å². The summed E-state index contributed by atoms with van der Waals surface area (Å²) in [5, 5.41) is 9.95. The summed E-state index contributed by atoms with van der Waals surface area (Å²) in [6, 6.07) is 2.06. The molecule has 1 amide bonds. The fraction of sp³-hybridized carbons (Fsp3) is 0.500. The van der Waals surface area contributed by atoms with E-state index in [-0.39, 0.29) is 11.9 Å². The van der Waals surface area contributed by atoms with Crippen LogP contribution >= 0.6 is 11.3 Å². The second-order valence-electron chi connectivity index (χ2n) is 4.75. The number of amides is 1. The van der Waals surface area contributed by atoms with Crippen LogP contribution in [0.1, 0.15) is 55.2 Å². The minimum Gasteiger partial charge on any atom is -0.305 e. The highest BCUT2D eigenvalue weighted by atomic mass is 32.1. The normalized spacial score (nSPS) is 12.3. The zero-order valence-corrected chi connectivity index (χ0v) is 12.9. The van der Waals surface area contributed by atoms with E-state index >= 15 is 0 Å². The van der Waals surface area contributed by atoms with Gasteiger partial charge in [-0.25, -0.2) is 9.67 Å². The number of nitrogens with zero attached hydrogens (tertiary/aromatic N) is 3. The smallest absolute Gasteiger partial charge is 0.276 e. The molecule has 0 aliphatic heterocycles. The molecule has 5 nitrogen and oxygen atoms in total. The van der Waals surface area contributed by atoms with Crippen molar-refractivity contribution < 1.29 is 4.79 Å². The number of hydrogen-bond acceptors (Lipinski definition) is 4. The molecule has 2 aromatic heterocycles. The molecule has 0 saturated heterocycles. The summed E-state index contributed by atoms with van der Waals surface area (Å²) in [5.41, 5.74) is 0.482. The summed E-state index contributed by atoms with van der Waals surface area (Å²) in [4.78, 5) is 16.5. The standard InChI is InChI=1S/C14H20N4OS/c1-4-6-13-16-11(9-20-13)14(19)17-12-7-8-15-18(12)10(3)5-2/h7-10H,4-6H2,1-3H3,(H,17,19)/t10-/m1/s1. The molecule has 2 rings (SSSR count). The fourth-order valence-electron chi connectivity index (χ4n) is 1.86. The number of anilines is 1. The summed E-state index contributed by atoms with van der Waals surface area (Å²) in [7, 11) is 0. The number of carbonyl (C=O) groups is 1. The zero-order valence-electron chi connectivity index (χ0n) is 12.1. The van der Waals surface area contributed by atoms with Gasteiger partial charge in [0.05, 0.1) is 17.2 Å². The second kappa shape index (κ2) is 6.65. The summed E-state index contributed by atoms with van der Waals surface area (Å²) in [5.74, 6) is 0.544. The van der Waals surface area contributed by atoms with Crippen LogP contribution in [0.25, 0.3) is 0 Å². The first kappa shape index (κ1) is 14.7. The van der Waals surface area contributed by atoms with Crippen LogP contribution in [-0.2, 0) is 6.42 Å². The quantitative estimate of drug-likeness (QED) is 0.886. The van der Waals surface area contributed by atoms with E-state index in [1.54, 1.807) is 6.20 Å². The van der Waals surface area contributed by atoms with Gasteiger partial charge < -0.3 is 5.32 Å². The third-order valence-corrected chi connectivity index (χ3v) is 4.08. The van der Waals surface area contributed by atoms with Crippen LogP contribution in [0, 0.1) is 0 Å². The molecule has 108 valence electrons. The molecule has 0 aliphatic carbocycles. The van der Waals surface area contributed by atoms with Gasteiger partial charge in [0.15, 0.2) is 0 Å². The highest BCUT2D eigenvalue weighted by Crippen LogP contribution is 2.18. The third-order valence-electron chi connectivity index (χ3n) is 3.17. The summed E-state index contributed by atoms with van der Waals surface area (Å²) in [6.07, 6.45) is 4.62. The monoisotopic (exact) mass is 292 g/mol. The van der Waals surface area contributed by atoms with E-state index in [2.05, 4.69) is 36.2 Å². The van der Waals surface area contributed by atoms with Crippen molar-refractivity contribution in [3.8, 4) is 0 Å². The van der Waals surface area contributed by atoms with Crippen molar-refractivity contribution in [2.75, 3.05) is 5.32 Å². The molecule has 0 aliphatic rings. The SMILES string of the molecule is CCCc1nc(C(=O)Nc2ccnn2[C@H](C)CC)cs1. The Morgan fingerprint density at radius 2 is 2.30 bits per heavy atom. The highest BCUT2D eigenvalue weighted by molar-refractivity contribution is 7.09. The van der Waals surface area contributed by atoms with Crippen LogP contribution in [0.4, 0.5) is 5.82 Å². The molecule has 2 heterocycles. The molecule has 0 bridgehead atoms. The topological polar surface area (TPSA) is 59.8 Å². The minimum atomic E-state index is -0.173. The molecular formula is C14H20N4OS. The highest BCUT2D eigenvalue weighted by Gasteiger charge is 2.14. The van der Waals surface area contributed by atoms with E-state index in [4.69, 9.17) is 0 Å². The molecule has 0 saturated carbocycles. The number of rotatable bonds is 6. The maximum atomic E-state index is 12.2. The van der Waals surface area contributed by atoms with Crippen LogP contribution in [0.15, 0.2) is 17.6 Å². The van der Waals surface area contributed by atoms with Gasteiger partial charge in [-0.05, 0) is 26.2 Å². The first-order valence-electron chi connectivity index (χ1n) is 6.95.